The van der Waals surface area contributed by atoms with Gasteiger partial charge in [0.1, 0.15) is 0 Å². The number of amides is 2. The van der Waals surface area contributed by atoms with Crippen LogP contribution in [0.1, 0.15) is 58.5 Å². The molecule has 0 spiro atoms. The Morgan fingerprint density at radius 3 is 2.58 bits per heavy atom. The number of benzene rings is 1. The van der Waals surface area contributed by atoms with Gasteiger partial charge in [-0.3, -0.25) is 19.3 Å². The molecule has 0 saturated carbocycles. The minimum atomic E-state index is -1.58. The lowest BCUT2D eigenvalue weighted by Crippen LogP contribution is -2.70. The highest BCUT2D eigenvalue weighted by molar-refractivity contribution is 7.14. The Bertz CT molecular complexity index is 1080. The molecule has 0 aliphatic carbocycles. The van der Waals surface area contributed by atoms with Gasteiger partial charge >= 0.3 is 5.97 Å². The first-order chi connectivity index (χ1) is 14.8. The van der Waals surface area contributed by atoms with Gasteiger partial charge in [0.15, 0.2) is 6.61 Å². The third-order valence-corrected chi connectivity index (χ3v) is 7.03. The van der Waals surface area contributed by atoms with Crippen LogP contribution in [-0.4, -0.2) is 46.8 Å². The topological polar surface area (TPSA) is 84.0 Å². The first-order valence-electron chi connectivity index (χ1n) is 10.4. The van der Waals surface area contributed by atoms with Gasteiger partial charge in [-0.05, 0) is 44.5 Å². The Labute approximate surface area is 184 Å². The zero-order valence-corrected chi connectivity index (χ0v) is 18.5. The third kappa shape index (κ3) is 3.26. The number of hydrogen-bond donors (Lipinski definition) is 0. The number of hydrogen-bond acceptors (Lipinski definition) is 6. The minimum absolute atomic E-state index is 0.110. The van der Waals surface area contributed by atoms with Crippen molar-refractivity contribution in [3.63, 3.8) is 0 Å². The van der Waals surface area contributed by atoms with E-state index in [0.717, 1.165) is 11.3 Å². The van der Waals surface area contributed by atoms with Crippen LogP contribution in [0.3, 0.4) is 0 Å². The molecule has 1 fully saturated rings. The van der Waals surface area contributed by atoms with Gasteiger partial charge in [-0.25, -0.2) is 4.79 Å². The van der Waals surface area contributed by atoms with Crippen LogP contribution in [0.15, 0.2) is 36.4 Å². The maximum absolute atomic E-state index is 13.5. The number of carbonyl (C=O) groups is 4. The van der Waals surface area contributed by atoms with E-state index in [-0.39, 0.29) is 36.5 Å². The molecule has 1 aromatic heterocycles. The number of rotatable bonds is 6. The van der Waals surface area contributed by atoms with E-state index in [1.54, 1.807) is 44.2 Å². The first kappa shape index (κ1) is 21.2. The van der Waals surface area contributed by atoms with Gasteiger partial charge in [-0.15, -0.1) is 11.3 Å². The normalized spacial score (nSPS) is 20.1. The van der Waals surface area contributed by atoms with E-state index < -0.39 is 18.2 Å². The number of nitrogens with zero attached hydrogens (tertiary/aromatic N) is 2. The lowest BCUT2D eigenvalue weighted by Gasteiger charge is -2.50. The second-order valence-corrected chi connectivity index (χ2v) is 9.12. The summed E-state index contributed by atoms with van der Waals surface area (Å²) in [6, 6.07) is 10.0. The maximum Gasteiger partial charge on any atom is 0.354 e. The summed E-state index contributed by atoms with van der Waals surface area (Å²) in [6.45, 7) is 5.16. The molecule has 0 radical (unpaired) electrons. The Morgan fingerprint density at radius 2 is 1.90 bits per heavy atom. The average Bonchev–Trinajstić information content (AvgIpc) is 3.37. The molecule has 0 bridgehead atoms. The van der Waals surface area contributed by atoms with E-state index >= 15 is 0 Å². The van der Waals surface area contributed by atoms with Gasteiger partial charge in [0.2, 0.25) is 17.4 Å². The molecule has 2 amide bonds. The van der Waals surface area contributed by atoms with Gasteiger partial charge in [0.05, 0.1) is 16.1 Å². The number of carbonyl (C=O) groups excluding carboxylic acids is 4. The zero-order chi connectivity index (χ0) is 22.3. The molecule has 7 nitrogen and oxygen atoms in total. The number of anilines is 1. The Morgan fingerprint density at radius 1 is 1.16 bits per heavy atom. The van der Waals surface area contributed by atoms with E-state index in [0.29, 0.717) is 16.1 Å². The lowest BCUT2D eigenvalue weighted by molar-refractivity contribution is -0.157. The molecule has 4 rings (SSSR count). The fourth-order valence-electron chi connectivity index (χ4n) is 4.41. The molecule has 2 aromatic rings. The highest BCUT2D eigenvalue weighted by Crippen LogP contribution is 2.46. The van der Waals surface area contributed by atoms with Crippen molar-refractivity contribution in [1.29, 1.82) is 0 Å². The molecule has 162 valence electrons. The molecule has 1 saturated heterocycles. The smallest absolute Gasteiger partial charge is 0.354 e. The number of fused-ring (bicyclic) bond motifs is 3. The van der Waals surface area contributed by atoms with E-state index in [9.17, 15) is 19.2 Å². The fraction of sp³-hybridized carbons (Fsp3) is 0.391. The monoisotopic (exact) mass is 440 g/mol. The van der Waals surface area contributed by atoms with Crippen LogP contribution in [0, 0.1) is 0 Å². The van der Waals surface area contributed by atoms with E-state index in [2.05, 4.69) is 0 Å². The van der Waals surface area contributed by atoms with Crippen molar-refractivity contribution in [1.82, 2.24) is 4.90 Å². The number of ketones is 1. The molecule has 8 heteroatoms. The van der Waals surface area contributed by atoms with Crippen molar-refractivity contribution in [2.45, 2.75) is 51.7 Å². The van der Waals surface area contributed by atoms with Crippen molar-refractivity contribution >= 4 is 40.6 Å². The maximum atomic E-state index is 13.5. The molecule has 1 atom stereocenters. The van der Waals surface area contributed by atoms with Gasteiger partial charge in [-0.2, -0.15) is 0 Å². The number of para-hydroxylation sites is 1. The third-order valence-electron chi connectivity index (χ3n) is 5.76. The van der Waals surface area contributed by atoms with Gasteiger partial charge in [0.25, 0.3) is 5.91 Å². The van der Waals surface area contributed by atoms with Crippen LogP contribution >= 0.6 is 11.3 Å². The summed E-state index contributed by atoms with van der Waals surface area (Å²) in [7, 11) is 0. The molecule has 31 heavy (non-hydrogen) atoms. The number of ether oxygens (including phenoxy) is 1. The average molecular weight is 441 g/mol. The molecule has 1 unspecified atom stereocenters. The van der Waals surface area contributed by atoms with E-state index in [1.807, 2.05) is 13.0 Å². The molecule has 1 aromatic carbocycles. The molecule has 3 heterocycles. The summed E-state index contributed by atoms with van der Waals surface area (Å²) >= 11 is 1.37. The van der Waals surface area contributed by atoms with E-state index in [4.69, 9.17) is 4.74 Å². The van der Waals surface area contributed by atoms with Crippen LogP contribution in [0.2, 0.25) is 0 Å². The summed E-state index contributed by atoms with van der Waals surface area (Å²) < 4.78 is 5.47. The summed E-state index contributed by atoms with van der Waals surface area (Å²) in [5.41, 5.74) is -0.807. The predicted octanol–water partition coefficient (Wildman–Crippen LogP) is 3.42. The molecule has 0 N–H and O–H groups in total. The van der Waals surface area contributed by atoms with Crippen molar-refractivity contribution in [3.8, 4) is 0 Å². The second-order valence-electron chi connectivity index (χ2n) is 7.95. The van der Waals surface area contributed by atoms with Crippen LogP contribution < -0.4 is 4.90 Å². The quantitative estimate of drug-likeness (QED) is 0.508. The van der Waals surface area contributed by atoms with Gasteiger partial charge in [0, 0.05) is 23.8 Å². The number of Topliss-reactive ketones (excluding diaryl/α,β-unsaturated/α-hetero) is 1. The number of thiophene rings is 1. The van der Waals surface area contributed by atoms with Gasteiger partial charge < -0.3 is 9.64 Å². The summed E-state index contributed by atoms with van der Waals surface area (Å²) in [4.78, 5) is 56.6. The summed E-state index contributed by atoms with van der Waals surface area (Å²) in [6.07, 6.45) is 1.05. The largest absolute Gasteiger partial charge is 0.454 e. The molecule has 2 aliphatic rings. The first-order valence-corrected chi connectivity index (χ1v) is 11.2. The standard InChI is InChI=1S/C23H24N2O5S/c1-4-15-9-10-19(31-15)18(26)13-30-22(29)23-12-11-20(27)25(23)17-8-6-5-7-16(17)21(28)24(23)14(2)3/h5-10,14H,4,11-13H2,1-3H3. The molecule has 2 aliphatic heterocycles. The van der Waals surface area contributed by atoms with Crippen LogP contribution in [-0.2, 0) is 20.7 Å². The fourth-order valence-corrected chi connectivity index (χ4v) is 5.28. The van der Waals surface area contributed by atoms with Gasteiger partial charge in [-0.1, -0.05) is 19.1 Å². The van der Waals surface area contributed by atoms with Crippen molar-refractivity contribution < 1.29 is 23.9 Å². The molecular formula is C23H24N2O5S. The second kappa shape index (κ2) is 7.92. The minimum Gasteiger partial charge on any atom is -0.454 e. The number of esters is 1. The summed E-state index contributed by atoms with van der Waals surface area (Å²) in [5, 5.41) is 0. The van der Waals surface area contributed by atoms with E-state index in [1.165, 1.54) is 21.1 Å². The predicted molar refractivity (Wildman–Crippen MR) is 116 cm³/mol. The Balaban J connectivity index is 1.68. The Hall–Kier alpha value is -3.00. The van der Waals surface area contributed by atoms with Crippen molar-refractivity contribution in [3.05, 3.63) is 51.7 Å². The van der Waals surface area contributed by atoms with Crippen molar-refractivity contribution in [2.75, 3.05) is 11.5 Å². The van der Waals surface area contributed by atoms with Crippen LogP contribution in [0.4, 0.5) is 5.69 Å². The highest BCUT2D eigenvalue weighted by Gasteiger charge is 2.62. The SMILES string of the molecule is CCc1ccc(C(=O)COC(=O)C23CCC(=O)N2c2ccccc2C(=O)N3C(C)C)s1. The number of aryl methyl sites for hydroxylation is 1. The lowest BCUT2D eigenvalue weighted by atomic mass is 9.95. The van der Waals surface area contributed by atoms with Crippen LogP contribution in [0.25, 0.3) is 0 Å². The Kier molecular flexibility index (Phi) is 5.43. The van der Waals surface area contributed by atoms with Crippen LogP contribution in [0.5, 0.6) is 0 Å². The molecular weight excluding hydrogens is 416 g/mol. The van der Waals surface area contributed by atoms with Crippen molar-refractivity contribution in [2.24, 2.45) is 0 Å². The zero-order valence-electron chi connectivity index (χ0n) is 17.7. The highest BCUT2D eigenvalue weighted by atomic mass is 32.1. The summed E-state index contributed by atoms with van der Waals surface area (Å²) in [5.74, 6) is -1.63.